The van der Waals surface area contributed by atoms with Crippen molar-refractivity contribution < 1.29 is 14.4 Å². The highest BCUT2D eigenvalue weighted by Crippen LogP contribution is 2.22. The molecule has 2 atom stereocenters. The molecule has 0 fully saturated rings. The van der Waals surface area contributed by atoms with E-state index in [4.69, 9.17) is 0 Å². The van der Waals surface area contributed by atoms with Crippen LogP contribution in [0.25, 0.3) is 4.96 Å². The van der Waals surface area contributed by atoms with Gasteiger partial charge in [-0.3, -0.25) is 23.6 Å². The van der Waals surface area contributed by atoms with Gasteiger partial charge in [0.1, 0.15) is 23.3 Å². The van der Waals surface area contributed by atoms with Crippen molar-refractivity contribution >= 4 is 34.0 Å². The highest BCUT2D eigenvalue weighted by Gasteiger charge is 2.30. The number of thiazole rings is 1. The molecule has 0 bridgehead atoms. The van der Waals surface area contributed by atoms with E-state index in [2.05, 4.69) is 25.7 Å². The molecule has 3 amide bonds. The second-order valence-electron chi connectivity index (χ2n) is 11.5. The van der Waals surface area contributed by atoms with Crippen LogP contribution in [0.3, 0.4) is 0 Å². The maximum Gasteiger partial charge on any atom is 0.271 e. The summed E-state index contributed by atoms with van der Waals surface area (Å²) in [5, 5.41) is 10.6. The van der Waals surface area contributed by atoms with Crippen LogP contribution in [0, 0.1) is 26.7 Å². The lowest BCUT2D eigenvalue weighted by Crippen LogP contribution is -2.50. The number of rotatable bonds is 4. The third-order valence-electron chi connectivity index (χ3n) is 7.93. The second-order valence-corrected chi connectivity index (χ2v) is 12.7. The summed E-state index contributed by atoms with van der Waals surface area (Å²) < 4.78 is 3.20. The first-order valence-corrected chi connectivity index (χ1v) is 15.7. The number of amides is 3. The van der Waals surface area contributed by atoms with Crippen molar-refractivity contribution in [1.82, 2.24) is 39.7 Å². The van der Waals surface area contributed by atoms with Gasteiger partial charge >= 0.3 is 0 Å². The highest BCUT2D eigenvalue weighted by molar-refractivity contribution is 7.17. The molecule has 3 aromatic heterocycles. The number of nitrogens with one attached hydrogen (secondary N) is 2. The third kappa shape index (κ3) is 6.57. The molecule has 1 aliphatic rings. The monoisotopic (exact) mass is 618 g/mol. The lowest BCUT2D eigenvalue weighted by Gasteiger charge is -2.28. The van der Waals surface area contributed by atoms with Gasteiger partial charge in [-0.1, -0.05) is 44.2 Å². The fourth-order valence-electron chi connectivity index (χ4n) is 5.43. The van der Waals surface area contributed by atoms with E-state index in [-0.39, 0.29) is 49.4 Å². The zero-order valence-corrected chi connectivity index (χ0v) is 26.5. The van der Waals surface area contributed by atoms with Crippen LogP contribution in [-0.2, 0) is 22.6 Å². The first kappa shape index (κ1) is 31.0. The smallest absolute Gasteiger partial charge is 0.271 e. The first-order valence-electron chi connectivity index (χ1n) is 14.9. The zero-order chi connectivity index (χ0) is 31.5. The van der Waals surface area contributed by atoms with Crippen molar-refractivity contribution in [2.45, 2.75) is 72.5 Å². The Balaban J connectivity index is 1.48. The number of nitrogens with zero attached hydrogens (tertiary/aromatic N) is 6. The van der Waals surface area contributed by atoms with Gasteiger partial charge in [0.2, 0.25) is 11.8 Å². The molecule has 44 heavy (non-hydrogen) atoms. The number of carbonyl (C=O) groups excluding carboxylic acids is 3. The summed E-state index contributed by atoms with van der Waals surface area (Å²) in [6.07, 6.45) is 2.10. The number of aromatic nitrogens is 5. The molecule has 13 heteroatoms. The average molecular weight is 619 g/mol. The highest BCUT2D eigenvalue weighted by atomic mass is 32.1. The van der Waals surface area contributed by atoms with Crippen molar-refractivity contribution in [3.63, 3.8) is 0 Å². The van der Waals surface area contributed by atoms with E-state index in [1.807, 2.05) is 58.0 Å². The molecule has 5 rings (SSSR count). The summed E-state index contributed by atoms with van der Waals surface area (Å²) in [4.78, 5) is 66.2. The van der Waals surface area contributed by atoms with E-state index in [0.29, 0.717) is 29.5 Å². The van der Waals surface area contributed by atoms with Gasteiger partial charge in [-0.05, 0) is 38.7 Å². The molecule has 0 saturated carbocycles. The van der Waals surface area contributed by atoms with Crippen LogP contribution < -0.4 is 16.2 Å². The predicted molar refractivity (Wildman–Crippen MR) is 167 cm³/mol. The SMILES string of the molecule is Cc1nc2n(n1)CCN(C(=O)c1cnc3sc(C)c(C)n3c1=O)CCCC(=O)N[C@@H](Cc1ccccc1)C(=O)N[C@@H]2C(C)C. The number of aryl methyl sites for hydroxylation is 3. The van der Waals surface area contributed by atoms with Gasteiger partial charge < -0.3 is 15.5 Å². The van der Waals surface area contributed by atoms with E-state index >= 15 is 0 Å². The molecule has 2 N–H and O–H groups in total. The largest absolute Gasteiger partial charge is 0.344 e. The Kier molecular flexibility index (Phi) is 9.23. The van der Waals surface area contributed by atoms with Crippen LogP contribution in [0.15, 0.2) is 41.3 Å². The molecule has 0 unspecified atom stereocenters. The zero-order valence-electron chi connectivity index (χ0n) is 25.7. The molecule has 4 heterocycles. The number of hydrogen-bond donors (Lipinski definition) is 2. The molecular formula is C31H38N8O4S. The Labute approximate surface area is 259 Å². The lowest BCUT2D eigenvalue weighted by atomic mass is 10.0. The average Bonchev–Trinajstić information content (AvgIpc) is 3.50. The van der Waals surface area contributed by atoms with Crippen LogP contribution in [0.4, 0.5) is 0 Å². The Bertz CT molecular complexity index is 1740. The van der Waals surface area contributed by atoms with Gasteiger partial charge in [0, 0.05) is 42.7 Å². The van der Waals surface area contributed by atoms with Gasteiger partial charge in [0.15, 0.2) is 4.96 Å². The molecule has 0 aliphatic carbocycles. The van der Waals surface area contributed by atoms with E-state index in [0.717, 1.165) is 16.1 Å². The summed E-state index contributed by atoms with van der Waals surface area (Å²) >= 11 is 1.40. The van der Waals surface area contributed by atoms with Crippen LogP contribution in [0.2, 0.25) is 0 Å². The number of hydrogen-bond acceptors (Lipinski definition) is 8. The summed E-state index contributed by atoms with van der Waals surface area (Å²) in [7, 11) is 0. The fourth-order valence-corrected chi connectivity index (χ4v) is 6.36. The second kappa shape index (κ2) is 13.1. The predicted octanol–water partition coefficient (Wildman–Crippen LogP) is 2.75. The standard InChI is InChI=1S/C31H38N8O4S/c1-18(2)26-27-33-21(5)36-38(27)15-14-37(29(42)23-17-32-31-39(30(23)43)19(3)20(4)44-31)13-9-12-25(40)34-24(28(41)35-26)16-22-10-7-6-8-11-22/h6-8,10-11,17-18,24,26H,9,12-16H2,1-5H3,(H,34,40)(H,35,41)/t24-,26+/m0/s1. The van der Waals surface area contributed by atoms with Crippen molar-refractivity contribution in [1.29, 1.82) is 0 Å². The van der Waals surface area contributed by atoms with E-state index in [1.54, 1.807) is 16.5 Å². The number of fused-ring (bicyclic) bond motifs is 2. The minimum absolute atomic E-state index is 0.0285. The normalized spacial score (nSPS) is 18.5. The summed E-state index contributed by atoms with van der Waals surface area (Å²) in [6, 6.07) is 8.23. The van der Waals surface area contributed by atoms with E-state index in [9.17, 15) is 19.2 Å². The maximum atomic E-state index is 13.9. The van der Waals surface area contributed by atoms with Crippen LogP contribution in [-0.4, -0.2) is 65.9 Å². The Morgan fingerprint density at radius 1 is 1.05 bits per heavy atom. The molecular weight excluding hydrogens is 580 g/mol. The van der Waals surface area contributed by atoms with Gasteiger partial charge in [-0.25, -0.2) is 14.6 Å². The van der Waals surface area contributed by atoms with Gasteiger partial charge in [-0.15, -0.1) is 11.3 Å². The van der Waals surface area contributed by atoms with Gasteiger partial charge in [0.25, 0.3) is 11.5 Å². The van der Waals surface area contributed by atoms with Crippen molar-refractivity contribution in [2.24, 2.45) is 5.92 Å². The number of benzene rings is 1. The van der Waals surface area contributed by atoms with Crippen LogP contribution >= 0.6 is 11.3 Å². The van der Waals surface area contributed by atoms with Crippen LogP contribution in [0.5, 0.6) is 0 Å². The topological polar surface area (TPSA) is 144 Å². The maximum absolute atomic E-state index is 13.9. The van der Waals surface area contributed by atoms with E-state index < -0.39 is 23.6 Å². The first-order chi connectivity index (χ1) is 21.0. The minimum atomic E-state index is -0.806. The summed E-state index contributed by atoms with van der Waals surface area (Å²) in [6.45, 7) is 10.2. The summed E-state index contributed by atoms with van der Waals surface area (Å²) in [5.74, 6) is -0.000546. The fraction of sp³-hybridized carbons (Fsp3) is 0.452. The van der Waals surface area contributed by atoms with E-state index in [1.165, 1.54) is 21.9 Å². The minimum Gasteiger partial charge on any atom is -0.344 e. The third-order valence-corrected chi connectivity index (χ3v) is 9.00. The Hall–Kier alpha value is -4.39. The summed E-state index contributed by atoms with van der Waals surface area (Å²) in [5.41, 5.74) is 1.23. The molecule has 232 valence electrons. The van der Waals surface area contributed by atoms with Crippen molar-refractivity contribution in [3.05, 3.63) is 80.2 Å². The molecule has 12 nitrogen and oxygen atoms in total. The molecule has 0 spiro atoms. The molecule has 0 radical (unpaired) electrons. The van der Waals surface area contributed by atoms with Crippen molar-refractivity contribution in [3.8, 4) is 0 Å². The Morgan fingerprint density at radius 3 is 2.52 bits per heavy atom. The molecule has 0 saturated heterocycles. The number of carbonyl (C=O) groups is 3. The van der Waals surface area contributed by atoms with Gasteiger partial charge in [0.05, 0.1) is 12.6 Å². The lowest BCUT2D eigenvalue weighted by molar-refractivity contribution is -0.129. The molecule has 1 aliphatic heterocycles. The Morgan fingerprint density at radius 2 is 1.80 bits per heavy atom. The van der Waals surface area contributed by atoms with Crippen LogP contribution in [0.1, 0.15) is 70.9 Å². The van der Waals surface area contributed by atoms with Gasteiger partial charge in [-0.2, -0.15) is 5.10 Å². The molecule has 1 aromatic carbocycles. The van der Waals surface area contributed by atoms with Crippen molar-refractivity contribution in [2.75, 3.05) is 13.1 Å². The quantitative estimate of drug-likeness (QED) is 0.358. The molecule has 4 aromatic rings.